The third-order valence-corrected chi connectivity index (χ3v) is 12.9. The molecule has 0 aromatic heterocycles. The third kappa shape index (κ3) is 56.2. The summed E-state index contributed by atoms with van der Waals surface area (Å²) in [4.78, 5) is 185. The van der Waals surface area contributed by atoms with Crippen LogP contribution in [0, 0.1) is 11.8 Å². The molecular weight excluding hydrogens is 1510 g/mol. The standard InChI is InChI=1S/C29H45N7O7.C14H16N2O5.C9H13NO5.C7H11NO3.C4H10N4O.C4H6O3.C2HF3O2/c1-19(2)16-22(34-28(41)23(33-20(3)37)17-21-10-8-7-9-11-21)27(40)35-24(18-25(38)43-29(4,5)6)26(39)31-12-14-42-15-13-32-36-30;17-12-11(16-14(19)21-12)7-4-8-15-13(18)20-9-10-5-2-1-3-6-10;1-9(2,3)15-6(11)4-5-7(12)14-8(13)10-5;1-4(2)3-5-6(9)11-7(10)8-5;5-1-3-9-4-2-7-8-6;1-3(5)7-4(2)6;3-2(4,5)1(6)7/h7-11,19,22-24H,12-18H2,1-6H3,(H,31,39)(H,33,37)(H,34,41)(H,35,40);1-3,5-6,11H,4,7-9H2,(H,15,18)(H,16,19);5H,4H2,1-3H3,(H,10,13);4-5H,3H2,1-2H3,(H,8,10);1-5H2;1-2H3;(H,6,7)/t22-,23-,24+;11-;2*5-;;;/m1001.../s1. The SMILES string of the molecule is CC(=O)N[C@H](Cc1ccccc1)C(=O)N[C@H](CC(C)C)C(=O)N[C@@H](CC(=O)OC(C)(C)C)C(=O)NCCOCCN=[N+]=[N-].CC(=O)OC(C)=O.CC(C)(C)OC(=O)C[C@@H]1NC(=O)OC1=O.CC(C)C[C@H]1NC(=O)OC1=O.O=C(NCCC[C@@H]1NC(=O)OC1=O)OCc1ccccc1.O=C([O-])C(F)(F)F.[N-]=[N+]=NCCOCC[NH3+]. The quantitative estimate of drug-likeness (QED) is 0.00942. The Hall–Kier alpha value is -11.8. The monoisotopic (exact) mass is 1610 g/mol. The summed E-state index contributed by atoms with van der Waals surface area (Å²) in [5, 5.41) is 35.6. The number of carbonyl (C=O) groups excluding carboxylic acids is 16. The third-order valence-electron chi connectivity index (χ3n) is 12.9. The van der Waals surface area contributed by atoms with Crippen LogP contribution in [0.1, 0.15) is 140 Å². The maximum atomic E-state index is 13.5. The molecule has 0 bridgehead atoms. The number of alkyl carbamates (subject to hydrolysis) is 4. The number of aliphatic carboxylic acids is 1. The van der Waals surface area contributed by atoms with Gasteiger partial charge in [0.25, 0.3) is 0 Å². The molecule has 0 radical (unpaired) electrons. The molecule has 3 heterocycles. The van der Waals surface area contributed by atoms with Crippen LogP contribution >= 0.6 is 0 Å². The number of ether oxygens (including phenoxy) is 9. The highest BCUT2D eigenvalue weighted by Gasteiger charge is 2.37. The van der Waals surface area contributed by atoms with Crippen molar-refractivity contribution in [1.82, 2.24) is 42.5 Å². The molecule has 3 saturated heterocycles. The molecule has 2 aromatic carbocycles. The summed E-state index contributed by atoms with van der Waals surface area (Å²) in [5.74, 6) is -9.08. The van der Waals surface area contributed by atoms with Gasteiger partial charge in [0.15, 0.2) is 0 Å². The van der Waals surface area contributed by atoms with Crippen LogP contribution in [-0.2, 0) is 113 Å². The zero-order valence-electron chi connectivity index (χ0n) is 65.1. The zero-order valence-corrected chi connectivity index (χ0v) is 65.1. The topological polar surface area (TPSA) is 601 Å². The molecule has 8 amide bonds. The number of carboxylic acid groups (broad SMARTS) is 1. The molecule has 2 aromatic rings. The molecule has 0 unspecified atom stereocenters. The van der Waals surface area contributed by atoms with Crippen LogP contribution in [0.4, 0.5) is 32.3 Å². The van der Waals surface area contributed by atoms with Gasteiger partial charge >= 0.3 is 72.3 Å². The van der Waals surface area contributed by atoms with Crippen LogP contribution < -0.4 is 53.4 Å². The average Bonchev–Trinajstić information content (AvgIpc) is 1.77. The van der Waals surface area contributed by atoms with E-state index < -0.39 is 156 Å². The fourth-order valence-electron chi connectivity index (χ4n) is 8.44. The van der Waals surface area contributed by atoms with Crippen LogP contribution in [0.2, 0.25) is 0 Å². The number of alkyl halides is 3. The second kappa shape index (κ2) is 56.5. The molecule has 0 spiro atoms. The van der Waals surface area contributed by atoms with Gasteiger partial charge in [-0.2, -0.15) is 13.2 Å². The highest BCUT2D eigenvalue weighted by Crippen LogP contribution is 2.16. The minimum atomic E-state index is -5.19. The summed E-state index contributed by atoms with van der Waals surface area (Å²) in [5.41, 5.74) is 20.0. The average molecular weight is 1610 g/mol. The number of cyclic esters (lactones) is 6. The van der Waals surface area contributed by atoms with E-state index in [-0.39, 0.29) is 58.1 Å². The molecule has 0 saturated carbocycles. The van der Waals surface area contributed by atoms with E-state index in [0.29, 0.717) is 51.5 Å². The molecular formula is C69H102F3N15O26. The Morgan fingerprint density at radius 2 is 1.04 bits per heavy atom. The lowest BCUT2D eigenvalue weighted by Gasteiger charge is -2.27. The molecule has 3 aliphatic rings. The molecule has 11 N–H and O–H groups in total. The van der Waals surface area contributed by atoms with Crippen molar-refractivity contribution >= 4 is 95.8 Å². The number of hydrogen-bond acceptors (Lipinski definition) is 28. The molecule has 41 nitrogen and oxygen atoms in total. The van der Waals surface area contributed by atoms with Crippen LogP contribution in [-0.4, -0.2) is 209 Å². The maximum absolute atomic E-state index is 13.5. The van der Waals surface area contributed by atoms with Crippen LogP contribution in [0.3, 0.4) is 0 Å². The van der Waals surface area contributed by atoms with Crippen molar-refractivity contribution in [2.75, 3.05) is 59.2 Å². The summed E-state index contributed by atoms with van der Waals surface area (Å²) in [6, 6.07) is 13.2. The number of carbonyl (C=O) groups is 16. The van der Waals surface area contributed by atoms with Gasteiger partial charge in [-0.15, -0.1) is 0 Å². The van der Waals surface area contributed by atoms with Crippen LogP contribution in [0.25, 0.3) is 20.9 Å². The molecule has 6 atom stereocenters. The summed E-state index contributed by atoms with van der Waals surface area (Å²) >= 11 is 0. The first kappa shape index (κ1) is 103. The molecule has 630 valence electrons. The van der Waals surface area contributed by atoms with Gasteiger partial charge in [0.05, 0.1) is 45.8 Å². The van der Waals surface area contributed by atoms with Gasteiger partial charge in [-0.1, -0.05) is 98.6 Å². The molecule has 5 rings (SSSR count). The number of carboxylic acids is 1. The predicted octanol–water partition coefficient (Wildman–Crippen LogP) is 3.22. The number of halogens is 3. The number of nitrogens with one attached hydrogen (secondary N) is 8. The highest BCUT2D eigenvalue weighted by molar-refractivity contribution is 5.98. The molecule has 0 aliphatic carbocycles. The van der Waals surface area contributed by atoms with Crippen LogP contribution in [0.15, 0.2) is 70.9 Å². The normalized spacial score (nSPS) is 15.1. The Bertz CT molecular complexity index is 3500. The summed E-state index contributed by atoms with van der Waals surface area (Å²) in [7, 11) is 0. The molecule has 113 heavy (non-hydrogen) atoms. The number of azide groups is 2. The van der Waals surface area contributed by atoms with Crippen molar-refractivity contribution in [2.24, 2.45) is 22.1 Å². The summed E-state index contributed by atoms with van der Waals surface area (Å²) < 4.78 is 73.9. The van der Waals surface area contributed by atoms with Crippen molar-refractivity contribution in [3.63, 3.8) is 0 Å². The van der Waals surface area contributed by atoms with Gasteiger partial charge in [-0.25, -0.2) is 33.6 Å². The van der Waals surface area contributed by atoms with E-state index in [2.05, 4.69) is 87.3 Å². The number of amides is 8. The van der Waals surface area contributed by atoms with Gasteiger partial charge in [0.1, 0.15) is 60.0 Å². The minimum Gasteiger partial charge on any atom is -0.542 e. The Balaban J connectivity index is 0. The first-order valence-corrected chi connectivity index (χ1v) is 34.8. The summed E-state index contributed by atoms with van der Waals surface area (Å²) in [6.07, 6.45) is -6.52. The lowest BCUT2D eigenvalue weighted by atomic mass is 10.0. The van der Waals surface area contributed by atoms with Gasteiger partial charge in [0.2, 0.25) is 23.6 Å². The van der Waals surface area contributed by atoms with E-state index in [1.165, 1.54) is 20.8 Å². The number of benzene rings is 2. The van der Waals surface area contributed by atoms with E-state index in [4.69, 9.17) is 44.6 Å². The highest BCUT2D eigenvalue weighted by atomic mass is 19.4. The van der Waals surface area contributed by atoms with E-state index in [1.807, 2.05) is 88.4 Å². The Labute approximate surface area is 648 Å². The number of hydrogen-bond donors (Lipinski definition) is 9. The van der Waals surface area contributed by atoms with E-state index in [1.54, 1.807) is 41.5 Å². The van der Waals surface area contributed by atoms with Crippen molar-refractivity contribution in [3.8, 4) is 0 Å². The second-order valence-corrected chi connectivity index (χ2v) is 26.4. The van der Waals surface area contributed by atoms with Gasteiger partial charge in [0, 0.05) is 63.2 Å². The Morgan fingerprint density at radius 1 is 0.584 bits per heavy atom. The van der Waals surface area contributed by atoms with Gasteiger partial charge in [-0.05, 0) is 101 Å². The molecule has 3 aliphatic heterocycles. The Morgan fingerprint density at radius 3 is 1.45 bits per heavy atom. The van der Waals surface area contributed by atoms with Gasteiger partial charge < -0.3 is 101 Å². The van der Waals surface area contributed by atoms with Crippen molar-refractivity contribution in [2.45, 2.75) is 195 Å². The number of esters is 7. The summed E-state index contributed by atoms with van der Waals surface area (Å²) in [6.45, 7) is 24.9. The van der Waals surface area contributed by atoms with Crippen molar-refractivity contribution in [3.05, 3.63) is 92.7 Å². The largest absolute Gasteiger partial charge is 0.542 e. The predicted molar refractivity (Wildman–Crippen MR) is 384 cm³/mol. The van der Waals surface area contributed by atoms with Gasteiger partial charge in [-0.3, -0.25) is 38.4 Å². The molecule has 3 fully saturated rings. The van der Waals surface area contributed by atoms with E-state index in [0.717, 1.165) is 17.7 Å². The first-order valence-electron chi connectivity index (χ1n) is 34.8. The first-order chi connectivity index (χ1) is 52.7. The smallest absolute Gasteiger partial charge is 0.430 e. The lowest BCUT2D eigenvalue weighted by Crippen LogP contribution is -2.57. The number of rotatable bonds is 33. The van der Waals surface area contributed by atoms with Crippen molar-refractivity contribution < 1.29 is 143 Å². The van der Waals surface area contributed by atoms with E-state index in [9.17, 15) is 85.1 Å². The lowest BCUT2D eigenvalue weighted by molar-refractivity contribution is -0.374. The maximum Gasteiger partial charge on any atom is 0.430 e. The fraction of sp³-hybridized carbons (Fsp3) is 0.594. The second-order valence-electron chi connectivity index (χ2n) is 26.4. The Kier molecular flexibility index (Phi) is 51.6. The van der Waals surface area contributed by atoms with Crippen LogP contribution in [0.5, 0.6) is 0 Å². The number of quaternary nitrogens is 1. The van der Waals surface area contributed by atoms with Crippen molar-refractivity contribution in [1.29, 1.82) is 0 Å². The number of nitrogens with zero attached hydrogens (tertiary/aromatic N) is 6. The molecule has 44 heteroatoms. The minimum absolute atomic E-state index is 0.0231. The van der Waals surface area contributed by atoms with E-state index >= 15 is 0 Å². The zero-order chi connectivity index (χ0) is 86.5. The fourth-order valence-corrected chi connectivity index (χ4v) is 8.44.